The maximum Gasteiger partial charge on any atom is 0.0748 e. The number of aromatic nitrogens is 2. The van der Waals surface area contributed by atoms with Crippen molar-refractivity contribution in [3.63, 3.8) is 0 Å². The molecule has 1 radical (unpaired) electrons. The molecule has 1 heterocycles. The van der Waals surface area contributed by atoms with Gasteiger partial charge in [-0.1, -0.05) is 18.2 Å². The van der Waals surface area contributed by atoms with E-state index in [-0.39, 0.29) is 32.3 Å². The van der Waals surface area contributed by atoms with Gasteiger partial charge in [-0.05, 0) is 50.8 Å². The van der Waals surface area contributed by atoms with Crippen molar-refractivity contribution in [2.24, 2.45) is 0 Å². The molecule has 28 heavy (non-hydrogen) atoms. The Kier molecular flexibility index (Phi) is 10.2. The molecule has 0 aliphatic rings. The molecule has 0 aliphatic carbocycles. The monoisotopic (exact) mass is 556 g/mol. The van der Waals surface area contributed by atoms with Crippen LogP contribution in [0.4, 0.5) is 0 Å². The van der Waals surface area contributed by atoms with Gasteiger partial charge < -0.3 is 10.2 Å². The molecule has 2 atom stereocenters. The van der Waals surface area contributed by atoms with Crippen molar-refractivity contribution in [1.29, 1.82) is 0 Å². The average molecular weight is 556 g/mol. The fourth-order valence-electron chi connectivity index (χ4n) is 2.89. The van der Waals surface area contributed by atoms with Crippen LogP contribution in [0.3, 0.4) is 0 Å². The minimum atomic E-state index is -0.375. The van der Waals surface area contributed by atoms with E-state index < -0.39 is 0 Å². The van der Waals surface area contributed by atoms with E-state index in [1.54, 1.807) is 13.8 Å². The summed E-state index contributed by atoms with van der Waals surface area (Å²) in [6.07, 6.45) is 3.50. The molecule has 0 saturated carbocycles. The molecule has 2 aromatic carbocycles. The molecule has 0 bridgehead atoms. The molecule has 0 fully saturated rings. The summed E-state index contributed by atoms with van der Waals surface area (Å²) >= 11 is 0. The Morgan fingerprint density at radius 1 is 0.893 bits per heavy atom. The van der Waals surface area contributed by atoms with Crippen LogP contribution in [0.15, 0.2) is 54.9 Å². The van der Waals surface area contributed by atoms with Gasteiger partial charge in [0.1, 0.15) is 0 Å². The fraction of sp³-hybridized carbons (Fsp3) is 0.304. The van der Waals surface area contributed by atoms with Gasteiger partial charge in [0.15, 0.2) is 0 Å². The number of hydrogen-bond donors (Lipinski definition) is 2. The summed E-state index contributed by atoms with van der Waals surface area (Å²) in [6.45, 7) is 7.54. The largest absolute Gasteiger partial charge is 0.393 e. The van der Waals surface area contributed by atoms with Crippen molar-refractivity contribution in [3.05, 3.63) is 72.1 Å². The van der Waals surface area contributed by atoms with Crippen molar-refractivity contribution in [1.82, 2.24) is 9.97 Å². The Morgan fingerprint density at radius 3 is 1.89 bits per heavy atom. The summed E-state index contributed by atoms with van der Waals surface area (Å²) in [5, 5.41) is 17.1. The summed E-state index contributed by atoms with van der Waals surface area (Å²) in [7, 11) is 0. The van der Waals surface area contributed by atoms with E-state index in [1.165, 1.54) is 16.7 Å². The number of nitrogens with zero attached hydrogens (tertiary/aromatic N) is 2. The predicted octanol–water partition coefficient (Wildman–Crippen LogP) is 4.36. The summed E-state index contributed by atoms with van der Waals surface area (Å²) in [5.41, 5.74) is 5.68. The van der Waals surface area contributed by atoms with Crippen LogP contribution in [0.5, 0.6) is 0 Å². The first-order valence-electron chi connectivity index (χ1n) is 9.10. The number of hydrogen-bond acceptors (Lipinski definition) is 4. The second-order valence-corrected chi connectivity index (χ2v) is 6.77. The van der Waals surface area contributed by atoms with Gasteiger partial charge >= 0.3 is 0 Å². The van der Waals surface area contributed by atoms with E-state index in [0.717, 1.165) is 11.1 Å². The summed E-state index contributed by atoms with van der Waals surface area (Å²) < 4.78 is 0. The predicted molar refractivity (Wildman–Crippen MR) is 109 cm³/mol. The van der Waals surface area contributed by atoms with Crippen LogP contribution < -0.4 is 0 Å². The van der Waals surface area contributed by atoms with Crippen LogP contribution in [0.2, 0.25) is 0 Å². The smallest absolute Gasteiger partial charge is 0.0748 e. The third-order valence-corrected chi connectivity index (χ3v) is 4.05. The number of rotatable bonds is 4. The van der Waals surface area contributed by atoms with E-state index in [9.17, 15) is 0 Å². The zero-order valence-corrected chi connectivity index (χ0v) is 19.1. The van der Waals surface area contributed by atoms with Crippen LogP contribution in [0.25, 0.3) is 22.5 Å². The van der Waals surface area contributed by atoms with Crippen LogP contribution >= 0.6 is 0 Å². The third kappa shape index (κ3) is 7.25. The second kappa shape index (κ2) is 11.8. The van der Waals surface area contributed by atoms with Gasteiger partial charge in [-0.2, -0.15) is 0 Å². The summed E-state index contributed by atoms with van der Waals surface area (Å²) in [4.78, 5) is 8.93. The Morgan fingerprint density at radius 2 is 1.46 bits per heavy atom. The van der Waals surface area contributed by atoms with Crippen LogP contribution in [0, 0.1) is 19.9 Å². The molecule has 0 aliphatic heterocycles. The van der Waals surface area contributed by atoms with Gasteiger partial charge in [0.25, 0.3) is 0 Å². The fourth-order valence-corrected chi connectivity index (χ4v) is 2.89. The van der Waals surface area contributed by atoms with Crippen molar-refractivity contribution < 1.29 is 30.3 Å². The van der Waals surface area contributed by atoms with Crippen LogP contribution in [-0.4, -0.2) is 32.4 Å². The SMILES string of the molecule is CC(O)CC(C)O.Cc1cccc(C)c1-c1cnc(-c2[c-]cccc2)nc1.[Ir]. The third-order valence-electron chi connectivity index (χ3n) is 4.05. The van der Waals surface area contributed by atoms with E-state index in [4.69, 9.17) is 10.2 Å². The van der Waals surface area contributed by atoms with E-state index in [2.05, 4.69) is 48.1 Å². The molecule has 1 aromatic heterocycles. The molecule has 2 N–H and O–H groups in total. The maximum absolute atomic E-state index is 8.56. The van der Waals surface area contributed by atoms with Crippen molar-refractivity contribution in [2.45, 2.75) is 46.3 Å². The maximum atomic E-state index is 8.56. The van der Waals surface area contributed by atoms with Gasteiger partial charge in [-0.3, -0.25) is 9.97 Å². The number of aliphatic hydroxyl groups excluding tert-OH is 2. The van der Waals surface area contributed by atoms with Crippen molar-refractivity contribution in [3.8, 4) is 22.5 Å². The first-order chi connectivity index (χ1) is 12.9. The molecule has 3 aromatic rings. The zero-order chi connectivity index (χ0) is 19.8. The Labute approximate surface area is 181 Å². The topological polar surface area (TPSA) is 66.2 Å². The molecule has 0 amide bonds. The Balaban J connectivity index is 0.000000425. The minimum Gasteiger partial charge on any atom is -0.393 e. The van der Waals surface area contributed by atoms with Crippen molar-refractivity contribution >= 4 is 0 Å². The molecule has 3 rings (SSSR count). The normalized spacial score (nSPS) is 12.2. The summed E-state index contributed by atoms with van der Waals surface area (Å²) in [6, 6.07) is 17.2. The first kappa shape index (κ1) is 24.1. The Hall–Kier alpha value is -1.91. The molecule has 0 saturated heterocycles. The average Bonchev–Trinajstić information content (AvgIpc) is 2.62. The van der Waals surface area contributed by atoms with Gasteiger partial charge in [0.05, 0.1) is 18.0 Å². The molecule has 0 spiro atoms. The van der Waals surface area contributed by atoms with Crippen LogP contribution in [-0.2, 0) is 20.1 Å². The minimum absolute atomic E-state index is 0. The molecule has 4 nitrogen and oxygen atoms in total. The zero-order valence-electron chi connectivity index (χ0n) is 16.7. The van der Waals surface area contributed by atoms with E-state index >= 15 is 0 Å². The second-order valence-electron chi connectivity index (χ2n) is 6.77. The van der Waals surface area contributed by atoms with Gasteiger partial charge in [-0.25, -0.2) is 0 Å². The molecule has 5 heteroatoms. The van der Waals surface area contributed by atoms with Gasteiger partial charge in [0, 0.05) is 38.1 Å². The molecule has 151 valence electrons. The van der Waals surface area contributed by atoms with Gasteiger partial charge in [0.2, 0.25) is 0 Å². The number of aliphatic hydroxyl groups is 2. The van der Waals surface area contributed by atoms with Crippen molar-refractivity contribution in [2.75, 3.05) is 0 Å². The summed E-state index contributed by atoms with van der Waals surface area (Å²) in [5.74, 6) is 0.709. The molecule has 2 unspecified atom stereocenters. The van der Waals surface area contributed by atoms with Gasteiger partial charge in [-0.15, -0.1) is 35.9 Å². The van der Waals surface area contributed by atoms with E-state index in [0.29, 0.717) is 12.2 Å². The number of benzene rings is 2. The molecular formula is C23H27IrN2O2-. The molecular weight excluding hydrogens is 528 g/mol. The quantitative estimate of drug-likeness (QED) is 0.470. The standard InChI is InChI=1S/C18H15N2.C5H12O2.Ir/c1-13-7-6-8-14(2)17(13)16-11-19-18(20-12-16)15-9-4-3-5-10-15;1-4(6)3-5(2)7;/h3-9,11-12H,1-2H3;4-7H,3H2,1-2H3;/q-1;;. The van der Waals surface area contributed by atoms with E-state index in [1.807, 2.05) is 36.7 Å². The number of aryl methyl sites for hydroxylation is 2. The van der Waals surface area contributed by atoms with Crippen LogP contribution in [0.1, 0.15) is 31.4 Å². The Bertz CT molecular complexity index is 809. The first-order valence-corrected chi connectivity index (χ1v) is 9.10.